The van der Waals surface area contributed by atoms with Gasteiger partial charge in [-0.05, 0) is 43.4 Å². The largest absolute Gasteiger partial charge is 0.412 e. The molecule has 0 saturated heterocycles. The summed E-state index contributed by atoms with van der Waals surface area (Å²) < 4.78 is 5.20. The summed E-state index contributed by atoms with van der Waals surface area (Å²) in [5.74, 6) is 1.24. The van der Waals surface area contributed by atoms with E-state index in [9.17, 15) is 4.79 Å². The molecular weight excluding hydrogens is 214 g/mol. The van der Waals surface area contributed by atoms with Crippen molar-refractivity contribution in [1.29, 1.82) is 0 Å². The molecule has 92 valence electrons. The first kappa shape index (κ1) is 12.0. The summed E-state index contributed by atoms with van der Waals surface area (Å²) in [6.45, 7) is 2.72. The summed E-state index contributed by atoms with van der Waals surface area (Å²) in [5, 5.41) is 2.83. The predicted octanol–water partition coefficient (Wildman–Crippen LogP) is 3.27. The molecule has 3 nitrogen and oxygen atoms in total. The van der Waals surface area contributed by atoms with Crippen LogP contribution in [-0.2, 0) is 0 Å². The van der Waals surface area contributed by atoms with Crippen molar-refractivity contribution in [1.82, 2.24) is 5.32 Å². The van der Waals surface area contributed by atoms with Crippen molar-refractivity contribution in [3.63, 3.8) is 0 Å². The number of carbonyl (C=O) groups excluding carboxylic acids is 1. The lowest BCUT2D eigenvalue weighted by Crippen LogP contribution is -2.30. The van der Waals surface area contributed by atoms with E-state index < -0.39 is 0 Å². The first-order valence-corrected chi connectivity index (χ1v) is 6.26. The molecule has 3 heteroatoms. The monoisotopic (exact) mass is 233 g/mol. The molecule has 1 aromatic carbocycles. The van der Waals surface area contributed by atoms with Crippen LogP contribution in [0.15, 0.2) is 24.3 Å². The standard InChI is InChI=1S/C14H19NO2/c1-11-5-4-8-13(9-11)17-14(16)15-10-12-6-2-3-7-12/h4-5,8-9,12H,2-3,6-7,10H2,1H3,(H,15,16). The smallest absolute Gasteiger partial charge is 0.410 e. The number of hydrogen-bond donors (Lipinski definition) is 1. The van der Waals surface area contributed by atoms with E-state index >= 15 is 0 Å². The van der Waals surface area contributed by atoms with Gasteiger partial charge in [-0.15, -0.1) is 0 Å². The Morgan fingerprint density at radius 3 is 2.88 bits per heavy atom. The van der Waals surface area contributed by atoms with E-state index in [1.165, 1.54) is 25.7 Å². The van der Waals surface area contributed by atoms with Crippen LogP contribution in [0.4, 0.5) is 4.79 Å². The van der Waals surface area contributed by atoms with E-state index in [0.717, 1.165) is 12.1 Å². The Labute approximate surface area is 102 Å². The number of nitrogens with one attached hydrogen (secondary N) is 1. The zero-order chi connectivity index (χ0) is 12.1. The molecule has 0 spiro atoms. The second kappa shape index (κ2) is 5.71. The Balaban J connectivity index is 1.76. The Kier molecular flexibility index (Phi) is 4.02. The molecule has 1 saturated carbocycles. The molecule has 1 N–H and O–H groups in total. The number of amides is 1. The fraction of sp³-hybridized carbons (Fsp3) is 0.500. The minimum atomic E-state index is -0.345. The highest BCUT2D eigenvalue weighted by Crippen LogP contribution is 2.23. The molecule has 0 unspecified atom stereocenters. The van der Waals surface area contributed by atoms with Gasteiger partial charge in [0.15, 0.2) is 0 Å². The molecule has 0 bridgehead atoms. The number of aryl methyl sites for hydroxylation is 1. The van der Waals surface area contributed by atoms with Crippen LogP contribution in [-0.4, -0.2) is 12.6 Å². The first-order chi connectivity index (χ1) is 8.24. The maximum Gasteiger partial charge on any atom is 0.412 e. The fourth-order valence-electron chi connectivity index (χ4n) is 2.26. The van der Waals surface area contributed by atoms with E-state index in [1.807, 2.05) is 25.1 Å². The van der Waals surface area contributed by atoms with E-state index in [1.54, 1.807) is 6.07 Å². The minimum absolute atomic E-state index is 0.345. The van der Waals surface area contributed by atoms with E-state index in [-0.39, 0.29) is 6.09 Å². The van der Waals surface area contributed by atoms with Crippen LogP contribution in [0.2, 0.25) is 0 Å². The molecule has 1 fully saturated rings. The van der Waals surface area contributed by atoms with Gasteiger partial charge in [0, 0.05) is 6.54 Å². The third kappa shape index (κ3) is 3.77. The quantitative estimate of drug-likeness (QED) is 0.870. The number of benzene rings is 1. The van der Waals surface area contributed by atoms with Crippen LogP contribution in [0.1, 0.15) is 31.2 Å². The van der Waals surface area contributed by atoms with Crippen molar-refractivity contribution in [3.8, 4) is 5.75 Å². The minimum Gasteiger partial charge on any atom is -0.410 e. The van der Waals surface area contributed by atoms with Crippen molar-refractivity contribution in [2.75, 3.05) is 6.54 Å². The van der Waals surface area contributed by atoms with Gasteiger partial charge < -0.3 is 10.1 Å². The van der Waals surface area contributed by atoms with Gasteiger partial charge in [-0.2, -0.15) is 0 Å². The average Bonchev–Trinajstić information content (AvgIpc) is 2.79. The molecule has 17 heavy (non-hydrogen) atoms. The first-order valence-electron chi connectivity index (χ1n) is 6.26. The molecule has 0 aromatic heterocycles. The molecule has 2 rings (SSSR count). The molecule has 0 aliphatic heterocycles. The van der Waals surface area contributed by atoms with Crippen LogP contribution in [0, 0.1) is 12.8 Å². The van der Waals surface area contributed by atoms with Crippen LogP contribution in [0.3, 0.4) is 0 Å². The molecule has 0 atom stereocenters. The van der Waals surface area contributed by atoms with Gasteiger partial charge in [-0.1, -0.05) is 25.0 Å². The summed E-state index contributed by atoms with van der Waals surface area (Å²) in [7, 11) is 0. The van der Waals surface area contributed by atoms with Crippen molar-refractivity contribution in [2.45, 2.75) is 32.6 Å². The lowest BCUT2D eigenvalue weighted by Gasteiger charge is -2.10. The second-order valence-corrected chi connectivity index (χ2v) is 4.74. The van der Waals surface area contributed by atoms with Gasteiger partial charge in [0.05, 0.1) is 0 Å². The normalized spacial score (nSPS) is 15.8. The molecule has 1 aliphatic rings. The average molecular weight is 233 g/mol. The maximum absolute atomic E-state index is 11.5. The van der Waals surface area contributed by atoms with Crippen molar-refractivity contribution in [2.24, 2.45) is 5.92 Å². The van der Waals surface area contributed by atoms with E-state index in [0.29, 0.717) is 11.7 Å². The van der Waals surface area contributed by atoms with Gasteiger partial charge >= 0.3 is 6.09 Å². The molecular formula is C14H19NO2. The summed E-state index contributed by atoms with van der Waals surface area (Å²) in [6, 6.07) is 7.51. The van der Waals surface area contributed by atoms with Gasteiger partial charge in [0.2, 0.25) is 0 Å². The molecule has 1 aliphatic carbocycles. The third-order valence-corrected chi connectivity index (χ3v) is 3.21. The van der Waals surface area contributed by atoms with Gasteiger partial charge in [-0.3, -0.25) is 0 Å². The second-order valence-electron chi connectivity index (χ2n) is 4.74. The zero-order valence-electron chi connectivity index (χ0n) is 10.2. The number of carbonyl (C=O) groups is 1. The number of ether oxygens (including phenoxy) is 1. The predicted molar refractivity (Wildman–Crippen MR) is 67.2 cm³/mol. The lowest BCUT2D eigenvalue weighted by atomic mass is 10.1. The Bertz CT molecular complexity index is 384. The highest BCUT2D eigenvalue weighted by atomic mass is 16.6. The number of rotatable bonds is 3. The molecule has 1 aromatic rings. The third-order valence-electron chi connectivity index (χ3n) is 3.21. The van der Waals surface area contributed by atoms with Crippen molar-refractivity contribution >= 4 is 6.09 Å². The van der Waals surface area contributed by atoms with E-state index in [2.05, 4.69) is 5.32 Å². The molecule has 1 amide bonds. The Hall–Kier alpha value is -1.51. The lowest BCUT2D eigenvalue weighted by molar-refractivity contribution is 0.198. The summed E-state index contributed by atoms with van der Waals surface area (Å²) >= 11 is 0. The van der Waals surface area contributed by atoms with Gasteiger partial charge in [-0.25, -0.2) is 4.79 Å². The van der Waals surface area contributed by atoms with Crippen LogP contribution < -0.4 is 10.1 Å². The van der Waals surface area contributed by atoms with Crippen LogP contribution in [0.25, 0.3) is 0 Å². The Morgan fingerprint density at radius 2 is 2.18 bits per heavy atom. The summed E-state index contributed by atoms with van der Waals surface area (Å²) in [6.07, 6.45) is 4.69. The highest BCUT2D eigenvalue weighted by Gasteiger charge is 2.16. The number of hydrogen-bond acceptors (Lipinski definition) is 2. The molecule has 0 radical (unpaired) electrons. The zero-order valence-corrected chi connectivity index (χ0v) is 10.2. The van der Waals surface area contributed by atoms with Crippen molar-refractivity contribution in [3.05, 3.63) is 29.8 Å². The maximum atomic E-state index is 11.5. The fourth-order valence-corrected chi connectivity index (χ4v) is 2.26. The van der Waals surface area contributed by atoms with Gasteiger partial charge in [0.1, 0.15) is 5.75 Å². The van der Waals surface area contributed by atoms with Crippen molar-refractivity contribution < 1.29 is 9.53 Å². The van der Waals surface area contributed by atoms with Crippen LogP contribution >= 0.6 is 0 Å². The topological polar surface area (TPSA) is 38.3 Å². The highest BCUT2D eigenvalue weighted by molar-refractivity contribution is 5.70. The molecule has 0 heterocycles. The van der Waals surface area contributed by atoms with Crippen LogP contribution in [0.5, 0.6) is 5.75 Å². The SMILES string of the molecule is Cc1cccc(OC(=O)NCC2CCCC2)c1. The van der Waals surface area contributed by atoms with E-state index in [4.69, 9.17) is 4.74 Å². The van der Waals surface area contributed by atoms with Gasteiger partial charge in [0.25, 0.3) is 0 Å². The summed E-state index contributed by atoms with van der Waals surface area (Å²) in [4.78, 5) is 11.5. The summed E-state index contributed by atoms with van der Waals surface area (Å²) in [5.41, 5.74) is 1.09. The Morgan fingerprint density at radius 1 is 1.41 bits per heavy atom.